The first-order chi connectivity index (χ1) is 6.69. The highest BCUT2D eigenvalue weighted by molar-refractivity contribution is 5.88. The third-order valence-electron chi connectivity index (χ3n) is 2.07. The van der Waals surface area contributed by atoms with Gasteiger partial charge in [-0.3, -0.25) is 4.98 Å². The van der Waals surface area contributed by atoms with Gasteiger partial charge in [-0.1, -0.05) is 6.92 Å². The monoisotopic (exact) mass is 194 g/mol. The average Bonchev–Trinajstić information content (AvgIpc) is 2.27. The Bertz CT molecular complexity index is 308. The van der Waals surface area contributed by atoms with Crippen molar-refractivity contribution < 1.29 is 9.53 Å². The van der Waals surface area contributed by atoms with E-state index >= 15 is 0 Å². The van der Waals surface area contributed by atoms with E-state index < -0.39 is 0 Å². The van der Waals surface area contributed by atoms with Gasteiger partial charge in [0.15, 0.2) is 0 Å². The van der Waals surface area contributed by atoms with Crippen molar-refractivity contribution in [3.05, 3.63) is 29.6 Å². The highest BCUT2D eigenvalue weighted by atomic mass is 16.5. The number of pyridine rings is 1. The predicted octanol–water partition coefficient (Wildman–Crippen LogP) is 0.930. The fraction of sp³-hybridized carbons (Fsp3) is 0.400. The molecule has 4 nitrogen and oxygen atoms in total. The second-order valence-electron chi connectivity index (χ2n) is 3.10. The summed E-state index contributed by atoms with van der Waals surface area (Å²) in [4.78, 5) is 15.2. The summed E-state index contributed by atoms with van der Waals surface area (Å²) < 4.78 is 4.56. The molecule has 1 aromatic rings. The van der Waals surface area contributed by atoms with Crippen LogP contribution in [0.5, 0.6) is 0 Å². The number of esters is 1. The van der Waals surface area contributed by atoms with Crippen LogP contribution in [0.25, 0.3) is 0 Å². The van der Waals surface area contributed by atoms with Crippen molar-refractivity contribution in [1.82, 2.24) is 4.98 Å². The lowest BCUT2D eigenvalue weighted by molar-refractivity contribution is 0.0600. The van der Waals surface area contributed by atoms with Crippen molar-refractivity contribution >= 4 is 5.97 Å². The van der Waals surface area contributed by atoms with Gasteiger partial charge in [-0.15, -0.1) is 0 Å². The summed E-state index contributed by atoms with van der Waals surface area (Å²) in [5.74, 6) is -0.161. The molecule has 0 saturated carbocycles. The number of ether oxygens (including phenoxy) is 1. The molecule has 0 aliphatic carbocycles. The Labute approximate surface area is 83.1 Å². The van der Waals surface area contributed by atoms with Crippen LogP contribution in [0.15, 0.2) is 18.3 Å². The van der Waals surface area contributed by atoms with Crippen molar-refractivity contribution in [3.8, 4) is 0 Å². The summed E-state index contributed by atoms with van der Waals surface area (Å²) in [6.45, 7) is 2.53. The van der Waals surface area contributed by atoms with Gasteiger partial charge in [-0.2, -0.15) is 0 Å². The molecule has 1 heterocycles. The third kappa shape index (κ3) is 2.29. The highest BCUT2D eigenvalue weighted by Gasteiger charge is 2.08. The van der Waals surface area contributed by atoms with E-state index in [1.54, 1.807) is 12.1 Å². The van der Waals surface area contributed by atoms with Gasteiger partial charge in [0, 0.05) is 24.4 Å². The molecule has 76 valence electrons. The zero-order chi connectivity index (χ0) is 10.6. The number of rotatable bonds is 3. The van der Waals surface area contributed by atoms with Gasteiger partial charge >= 0.3 is 5.97 Å². The number of carbonyl (C=O) groups excluding carboxylic acids is 1. The summed E-state index contributed by atoms with van der Waals surface area (Å²) in [7, 11) is 1.35. The van der Waals surface area contributed by atoms with Crippen molar-refractivity contribution in [2.24, 2.45) is 5.73 Å². The van der Waals surface area contributed by atoms with Crippen LogP contribution in [-0.2, 0) is 4.74 Å². The lowest BCUT2D eigenvalue weighted by Crippen LogP contribution is -2.11. The zero-order valence-electron chi connectivity index (χ0n) is 8.36. The second-order valence-corrected chi connectivity index (χ2v) is 3.10. The Balaban J connectivity index is 2.83. The van der Waals surface area contributed by atoms with Crippen LogP contribution in [0.3, 0.4) is 0 Å². The molecule has 0 aliphatic heterocycles. The lowest BCUT2D eigenvalue weighted by Gasteiger charge is -2.07. The van der Waals surface area contributed by atoms with Crippen LogP contribution >= 0.6 is 0 Å². The first kappa shape index (κ1) is 10.7. The summed E-state index contributed by atoms with van der Waals surface area (Å²) in [5.41, 5.74) is 6.84. The minimum atomic E-state index is -0.371. The van der Waals surface area contributed by atoms with Gasteiger partial charge in [0.1, 0.15) is 0 Å². The maximum Gasteiger partial charge on any atom is 0.339 e. The van der Waals surface area contributed by atoms with Crippen molar-refractivity contribution in [2.75, 3.05) is 13.7 Å². The first-order valence-electron chi connectivity index (χ1n) is 4.43. The number of nitrogens with two attached hydrogens (primary N) is 1. The number of aromatic nitrogens is 1. The SMILES string of the molecule is COC(=O)c1ccc(C(C)CN)nc1. The maximum absolute atomic E-state index is 11.1. The van der Waals surface area contributed by atoms with E-state index in [-0.39, 0.29) is 11.9 Å². The molecule has 0 bridgehead atoms. The quantitative estimate of drug-likeness (QED) is 0.727. The standard InChI is InChI=1S/C10H14N2O2/c1-7(5-11)9-4-3-8(6-12-9)10(13)14-2/h3-4,6-7H,5,11H2,1-2H3. The van der Waals surface area contributed by atoms with Gasteiger partial charge < -0.3 is 10.5 Å². The molecule has 0 radical (unpaired) electrons. The second kappa shape index (κ2) is 4.72. The molecule has 0 saturated heterocycles. The molecule has 0 fully saturated rings. The Morgan fingerprint density at radius 1 is 1.64 bits per heavy atom. The van der Waals surface area contributed by atoms with E-state index in [2.05, 4.69) is 9.72 Å². The maximum atomic E-state index is 11.1. The van der Waals surface area contributed by atoms with Crippen LogP contribution in [0, 0.1) is 0 Å². The summed E-state index contributed by atoms with van der Waals surface area (Å²) in [5, 5.41) is 0. The Morgan fingerprint density at radius 3 is 2.79 bits per heavy atom. The number of carbonyl (C=O) groups is 1. The van der Waals surface area contributed by atoms with Gasteiger partial charge in [0.25, 0.3) is 0 Å². The summed E-state index contributed by atoms with van der Waals surface area (Å²) >= 11 is 0. The lowest BCUT2D eigenvalue weighted by atomic mass is 10.1. The number of hydrogen-bond donors (Lipinski definition) is 1. The summed E-state index contributed by atoms with van der Waals surface area (Å²) in [6, 6.07) is 3.49. The molecule has 0 aromatic carbocycles. The van der Waals surface area contributed by atoms with Crippen LogP contribution in [0.4, 0.5) is 0 Å². The number of hydrogen-bond acceptors (Lipinski definition) is 4. The van der Waals surface area contributed by atoms with Crippen LogP contribution < -0.4 is 5.73 Å². The predicted molar refractivity (Wildman–Crippen MR) is 53.0 cm³/mol. The molecular weight excluding hydrogens is 180 g/mol. The molecule has 4 heteroatoms. The van der Waals surface area contributed by atoms with E-state index in [0.29, 0.717) is 12.1 Å². The van der Waals surface area contributed by atoms with Crippen LogP contribution in [-0.4, -0.2) is 24.6 Å². The van der Waals surface area contributed by atoms with E-state index in [9.17, 15) is 4.79 Å². The minimum absolute atomic E-state index is 0.210. The minimum Gasteiger partial charge on any atom is -0.465 e. The molecular formula is C10H14N2O2. The van der Waals surface area contributed by atoms with Gasteiger partial charge in [0.2, 0.25) is 0 Å². The molecule has 2 N–H and O–H groups in total. The van der Waals surface area contributed by atoms with Crippen molar-refractivity contribution in [2.45, 2.75) is 12.8 Å². The van der Waals surface area contributed by atoms with Crippen molar-refractivity contribution in [1.29, 1.82) is 0 Å². The Hall–Kier alpha value is -1.42. The van der Waals surface area contributed by atoms with Gasteiger partial charge in [-0.05, 0) is 12.1 Å². The molecule has 0 spiro atoms. The van der Waals surface area contributed by atoms with E-state index in [1.807, 2.05) is 6.92 Å². The van der Waals surface area contributed by atoms with Gasteiger partial charge in [-0.25, -0.2) is 4.79 Å². The Kier molecular flexibility index (Phi) is 3.59. The number of nitrogens with zero attached hydrogens (tertiary/aromatic N) is 1. The molecule has 14 heavy (non-hydrogen) atoms. The fourth-order valence-electron chi connectivity index (χ4n) is 1.06. The smallest absolute Gasteiger partial charge is 0.339 e. The molecule has 1 atom stereocenters. The first-order valence-corrected chi connectivity index (χ1v) is 4.43. The van der Waals surface area contributed by atoms with E-state index in [4.69, 9.17) is 5.73 Å². The Morgan fingerprint density at radius 2 is 2.36 bits per heavy atom. The van der Waals surface area contributed by atoms with Crippen molar-refractivity contribution in [3.63, 3.8) is 0 Å². The average molecular weight is 194 g/mol. The van der Waals surface area contributed by atoms with Crippen LogP contribution in [0.1, 0.15) is 28.9 Å². The molecule has 1 aromatic heterocycles. The van der Waals surface area contributed by atoms with E-state index in [0.717, 1.165) is 5.69 Å². The highest BCUT2D eigenvalue weighted by Crippen LogP contribution is 2.11. The summed E-state index contributed by atoms with van der Waals surface area (Å²) in [6.07, 6.45) is 1.51. The van der Waals surface area contributed by atoms with Gasteiger partial charge in [0.05, 0.1) is 12.7 Å². The molecule has 1 rings (SSSR count). The zero-order valence-corrected chi connectivity index (χ0v) is 8.36. The fourth-order valence-corrected chi connectivity index (χ4v) is 1.06. The molecule has 1 unspecified atom stereocenters. The van der Waals surface area contributed by atoms with Crippen LogP contribution in [0.2, 0.25) is 0 Å². The number of methoxy groups -OCH3 is 1. The normalized spacial score (nSPS) is 12.2. The largest absolute Gasteiger partial charge is 0.465 e. The molecule has 0 aliphatic rings. The third-order valence-corrected chi connectivity index (χ3v) is 2.07. The van der Waals surface area contributed by atoms with E-state index in [1.165, 1.54) is 13.3 Å². The molecule has 0 amide bonds. The topological polar surface area (TPSA) is 65.2 Å².